The molecule has 2 heterocycles. The van der Waals surface area contributed by atoms with Crippen molar-refractivity contribution in [1.82, 2.24) is 9.97 Å². The second-order valence-electron chi connectivity index (χ2n) is 5.06. The molecular weight excluding hydrogens is 246 g/mol. The van der Waals surface area contributed by atoms with Crippen LogP contribution in [0.2, 0.25) is 0 Å². The molecule has 3 aromatic rings. The summed E-state index contributed by atoms with van der Waals surface area (Å²) in [4.78, 5) is 8.82. The molecule has 20 heavy (non-hydrogen) atoms. The largest absolute Gasteiger partial charge is 0.320 e. The van der Waals surface area contributed by atoms with Gasteiger partial charge in [-0.3, -0.25) is 9.97 Å². The maximum atomic E-state index is 6.38. The van der Waals surface area contributed by atoms with Gasteiger partial charge < -0.3 is 5.73 Å². The number of nitrogens with two attached hydrogens (primary N) is 1. The zero-order valence-corrected chi connectivity index (χ0v) is 11.7. The predicted molar refractivity (Wildman–Crippen MR) is 81.5 cm³/mol. The van der Waals surface area contributed by atoms with Gasteiger partial charge in [0.15, 0.2) is 0 Å². The van der Waals surface area contributed by atoms with Gasteiger partial charge in [-0.15, -0.1) is 0 Å². The maximum Gasteiger partial charge on any atom is 0.0705 e. The van der Waals surface area contributed by atoms with E-state index >= 15 is 0 Å². The number of aromatic nitrogens is 2. The molecule has 0 fully saturated rings. The zero-order chi connectivity index (χ0) is 14.1. The highest BCUT2D eigenvalue weighted by atomic mass is 14.7. The number of nitrogens with zero attached hydrogens (tertiary/aromatic N) is 2. The Morgan fingerprint density at radius 3 is 2.70 bits per heavy atom. The number of hydrogen-bond acceptors (Lipinski definition) is 3. The lowest BCUT2D eigenvalue weighted by molar-refractivity contribution is 0.849. The van der Waals surface area contributed by atoms with E-state index in [1.54, 1.807) is 6.20 Å². The van der Waals surface area contributed by atoms with Gasteiger partial charge >= 0.3 is 0 Å². The van der Waals surface area contributed by atoms with E-state index in [-0.39, 0.29) is 6.04 Å². The number of benzene rings is 1. The minimum Gasteiger partial charge on any atom is -0.320 e. The third-order valence-corrected chi connectivity index (χ3v) is 3.59. The van der Waals surface area contributed by atoms with Gasteiger partial charge in [0.25, 0.3) is 0 Å². The van der Waals surface area contributed by atoms with Crippen LogP contribution in [0.5, 0.6) is 0 Å². The summed E-state index contributed by atoms with van der Waals surface area (Å²) in [6.45, 7) is 3.99. The van der Waals surface area contributed by atoms with Crippen LogP contribution in [-0.2, 0) is 0 Å². The van der Waals surface area contributed by atoms with E-state index in [0.717, 1.165) is 33.4 Å². The third kappa shape index (κ3) is 2.28. The third-order valence-electron chi connectivity index (χ3n) is 3.59. The highest BCUT2D eigenvalue weighted by molar-refractivity contribution is 5.79. The van der Waals surface area contributed by atoms with Crippen molar-refractivity contribution in [2.45, 2.75) is 19.9 Å². The summed E-state index contributed by atoms with van der Waals surface area (Å²) in [6, 6.07) is 14.1. The van der Waals surface area contributed by atoms with E-state index in [1.165, 1.54) is 0 Å². The lowest BCUT2D eigenvalue weighted by Crippen LogP contribution is -2.13. The van der Waals surface area contributed by atoms with Gasteiger partial charge in [-0.25, -0.2) is 0 Å². The van der Waals surface area contributed by atoms with Crippen LogP contribution < -0.4 is 5.73 Å². The van der Waals surface area contributed by atoms with Gasteiger partial charge in [0.1, 0.15) is 0 Å². The van der Waals surface area contributed by atoms with E-state index in [4.69, 9.17) is 5.73 Å². The van der Waals surface area contributed by atoms with Crippen LogP contribution in [0.25, 0.3) is 10.9 Å². The average Bonchev–Trinajstić information content (AvgIpc) is 2.46. The molecule has 0 amide bonds. The summed E-state index contributed by atoms with van der Waals surface area (Å²) < 4.78 is 0. The van der Waals surface area contributed by atoms with Crippen molar-refractivity contribution < 1.29 is 0 Å². The summed E-state index contributed by atoms with van der Waals surface area (Å²) in [7, 11) is 0. The molecule has 0 spiro atoms. The van der Waals surface area contributed by atoms with E-state index in [0.29, 0.717) is 0 Å². The Labute approximate surface area is 118 Å². The molecule has 1 atom stereocenters. The molecule has 3 rings (SSSR count). The molecule has 3 heteroatoms. The van der Waals surface area contributed by atoms with Crippen molar-refractivity contribution in [2.24, 2.45) is 5.73 Å². The molecule has 0 bridgehead atoms. The molecule has 2 N–H and O–H groups in total. The highest BCUT2D eigenvalue weighted by Crippen LogP contribution is 2.24. The van der Waals surface area contributed by atoms with Crippen molar-refractivity contribution in [3.8, 4) is 0 Å². The number of hydrogen-bond donors (Lipinski definition) is 1. The quantitative estimate of drug-likeness (QED) is 0.771. The van der Waals surface area contributed by atoms with Crippen LogP contribution in [0.3, 0.4) is 0 Å². The van der Waals surface area contributed by atoms with Crippen molar-refractivity contribution in [2.75, 3.05) is 0 Å². The minimum atomic E-state index is -0.158. The SMILES string of the molecule is Cc1ccc2cc(C(N)c3cccnc3C)ccc2n1. The number of pyridine rings is 2. The van der Waals surface area contributed by atoms with Gasteiger partial charge in [0.05, 0.1) is 11.6 Å². The fourth-order valence-corrected chi connectivity index (χ4v) is 2.44. The average molecular weight is 263 g/mol. The summed E-state index contributed by atoms with van der Waals surface area (Å²) in [5.74, 6) is 0. The monoisotopic (exact) mass is 263 g/mol. The first-order valence-corrected chi connectivity index (χ1v) is 6.69. The Balaban J connectivity index is 2.06. The van der Waals surface area contributed by atoms with Crippen LogP contribution >= 0.6 is 0 Å². The smallest absolute Gasteiger partial charge is 0.0705 e. The Bertz CT molecular complexity index is 765. The zero-order valence-electron chi connectivity index (χ0n) is 11.7. The lowest BCUT2D eigenvalue weighted by atomic mass is 9.97. The van der Waals surface area contributed by atoms with E-state index in [2.05, 4.69) is 22.1 Å². The van der Waals surface area contributed by atoms with Crippen molar-refractivity contribution >= 4 is 10.9 Å². The van der Waals surface area contributed by atoms with Crippen molar-refractivity contribution in [3.05, 3.63) is 71.2 Å². The molecule has 2 aromatic heterocycles. The van der Waals surface area contributed by atoms with E-state index in [9.17, 15) is 0 Å². The second kappa shape index (κ2) is 5.02. The minimum absolute atomic E-state index is 0.158. The van der Waals surface area contributed by atoms with Crippen LogP contribution in [-0.4, -0.2) is 9.97 Å². The second-order valence-corrected chi connectivity index (χ2v) is 5.06. The molecule has 0 saturated carbocycles. The van der Waals surface area contributed by atoms with Gasteiger partial charge in [-0.05, 0) is 49.2 Å². The molecule has 0 saturated heterocycles. The molecule has 1 unspecified atom stereocenters. The normalized spacial score (nSPS) is 12.6. The molecule has 1 aromatic carbocycles. The summed E-state index contributed by atoms with van der Waals surface area (Å²) >= 11 is 0. The van der Waals surface area contributed by atoms with E-state index in [1.807, 2.05) is 44.2 Å². The first-order chi connectivity index (χ1) is 9.65. The summed E-state index contributed by atoms with van der Waals surface area (Å²) in [5, 5.41) is 1.12. The Morgan fingerprint density at radius 2 is 1.90 bits per heavy atom. The molecular formula is C17H17N3. The summed E-state index contributed by atoms with van der Waals surface area (Å²) in [5.41, 5.74) is 11.5. The lowest BCUT2D eigenvalue weighted by Gasteiger charge is -2.15. The molecule has 3 nitrogen and oxygen atoms in total. The maximum absolute atomic E-state index is 6.38. The van der Waals surface area contributed by atoms with E-state index < -0.39 is 0 Å². The van der Waals surface area contributed by atoms with Crippen LogP contribution in [0.4, 0.5) is 0 Å². The number of rotatable bonds is 2. The Hall–Kier alpha value is -2.26. The van der Waals surface area contributed by atoms with Gasteiger partial charge in [0, 0.05) is 23.0 Å². The molecule has 100 valence electrons. The fraction of sp³-hybridized carbons (Fsp3) is 0.176. The molecule has 0 radical (unpaired) electrons. The molecule has 0 aliphatic heterocycles. The Morgan fingerprint density at radius 1 is 1.05 bits per heavy atom. The summed E-state index contributed by atoms with van der Waals surface area (Å²) in [6.07, 6.45) is 1.79. The standard InChI is InChI=1S/C17H17N3/c1-11-5-6-13-10-14(7-8-16(13)20-11)17(18)15-4-3-9-19-12(15)2/h3-10,17H,18H2,1-2H3. The van der Waals surface area contributed by atoms with Crippen LogP contribution in [0, 0.1) is 13.8 Å². The predicted octanol–water partition coefficient (Wildman–Crippen LogP) is 3.29. The number of aryl methyl sites for hydroxylation is 2. The van der Waals surface area contributed by atoms with Gasteiger partial charge in [-0.1, -0.05) is 18.2 Å². The first-order valence-electron chi connectivity index (χ1n) is 6.69. The topological polar surface area (TPSA) is 51.8 Å². The molecule has 0 aliphatic rings. The first kappa shape index (κ1) is 12.8. The Kier molecular flexibility index (Phi) is 3.20. The van der Waals surface area contributed by atoms with Crippen molar-refractivity contribution in [1.29, 1.82) is 0 Å². The van der Waals surface area contributed by atoms with Gasteiger partial charge in [0.2, 0.25) is 0 Å². The van der Waals surface area contributed by atoms with Gasteiger partial charge in [-0.2, -0.15) is 0 Å². The van der Waals surface area contributed by atoms with Crippen LogP contribution in [0.1, 0.15) is 28.6 Å². The fourth-order valence-electron chi connectivity index (χ4n) is 2.44. The highest BCUT2D eigenvalue weighted by Gasteiger charge is 2.12. The number of fused-ring (bicyclic) bond motifs is 1. The molecule has 0 aliphatic carbocycles. The van der Waals surface area contributed by atoms with Crippen molar-refractivity contribution in [3.63, 3.8) is 0 Å². The van der Waals surface area contributed by atoms with Crippen LogP contribution in [0.15, 0.2) is 48.7 Å².